The van der Waals surface area contributed by atoms with Gasteiger partial charge in [0.05, 0.1) is 0 Å². The summed E-state index contributed by atoms with van der Waals surface area (Å²) in [4.78, 5) is 11.8. The van der Waals surface area contributed by atoms with E-state index < -0.39 is 8.32 Å². The molecule has 0 unspecified atom stereocenters. The van der Waals surface area contributed by atoms with Gasteiger partial charge in [-0.25, -0.2) is 0 Å². The maximum absolute atomic E-state index is 11.8. The second kappa shape index (κ2) is 8.01. The van der Waals surface area contributed by atoms with Gasteiger partial charge in [0.15, 0.2) is 14.1 Å². The molecule has 0 saturated heterocycles. The van der Waals surface area contributed by atoms with Gasteiger partial charge in [-0.3, -0.25) is 4.79 Å². The highest BCUT2D eigenvalue weighted by molar-refractivity contribution is 6.73. The molecule has 0 fully saturated rings. The standard InChI is InChI=1S/C13H28O2Si/c1-6-10-11-13(14)12(5)15-16(7-2,8-3)9-4/h12H,6-11H2,1-5H3/t12-/m0/s1. The van der Waals surface area contributed by atoms with Crippen LogP contribution in [0.5, 0.6) is 0 Å². The van der Waals surface area contributed by atoms with Crippen molar-refractivity contribution < 1.29 is 9.22 Å². The monoisotopic (exact) mass is 244 g/mol. The first-order valence-electron chi connectivity index (χ1n) is 6.75. The van der Waals surface area contributed by atoms with Gasteiger partial charge in [-0.15, -0.1) is 0 Å². The van der Waals surface area contributed by atoms with E-state index in [1.165, 1.54) is 0 Å². The van der Waals surface area contributed by atoms with Gasteiger partial charge in [-0.1, -0.05) is 34.1 Å². The minimum atomic E-state index is -1.60. The maximum Gasteiger partial charge on any atom is 0.193 e. The highest BCUT2D eigenvalue weighted by Gasteiger charge is 2.32. The molecule has 1 atom stereocenters. The SMILES string of the molecule is CCCCC(=O)[C@H](C)O[Si](CC)(CC)CC. The molecule has 0 amide bonds. The Morgan fingerprint density at radius 1 is 1.12 bits per heavy atom. The van der Waals surface area contributed by atoms with Gasteiger partial charge in [-0.2, -0.15) is 0 Å². The molecule has 0 aliphatic carbocycles. The fraction of sp³-hybridized carbons (Fsp3) is 0.923. The molecule has 16 heavy (non-hydrogen) atoms. The lowest BCUT2D eigenvalue weighted by Gasteiger charge is -2.31. The molecule has 0 spiro atoms. The second-order valence-electron chi connectivity index (χ2n) is 4.57. The molecule has 0 rings (SSSR count). The smallest absolute Gasteiger partial charge is 0.193 e. The molecule has 3 heteroatoms. The predicted octanol–water partition coefficient (Wildman–Crippen LogP) is 4.16. The van der Waals surface area contributed by atoms with E-state index in [-0.39, 0.29) is 11.9 Å². The molecule has 2 nitrogen and oxygen atoms in total. The van der Waals surface area contributed by atoms with E-state index in [1.807, 2.05) is 6.92 Å². The molecule has 0 N–H and O–H groups in total. The zero-order valence-electron chi connectivity index (χ0n) is 11.6. The average Bonchev–Trinajstić information content (AvgIpc) is 2.32. The number of hydrogen-bond acceptors (Lipinski definition) is 2. The van der Waals surface area contributed by atoms with Crippen LogP contribution in [0.1, 0.15) is 53.9 Å². The topological polar surface area (TPSA) is 26.3 Å². The first-order valence-corrected chi connectivity index (χ1v) is 9.28. The minimum Gasteiger partial charge on any atom is -0.407 e. The van der Waals surface area contributed by atoms with Crippen molar-refractivity contribution in [3.8, 4) is 0 Å². The summed E-state index contributed by atoms with van der Waals surface area (Å²) in [6, 6.07) is 3.35. The van der Waals surface area contributed by atoms with Crippen LogP contribution in [0.3, 0.4) is 0 Å². The molecular formula is C13H28O2Si. The van der Waals surface area contributed by atoms with Crippen molar-refractivity contribution in [2.75, 3.05) is 0 Å². The van der Waals surface area contributed by atoms with Crippen molar-refractivity contribution >= 4 is 14.1 Å². The summed E-state index contributed by atoms with van der Waals surface area (Å²) in [5, 5.41) is 0. The van der Waals surface area contributed by atoms with E-state index in [1.54, 1.807) is 0 Å². The summed E-state index contributed by atoms with van der Waals surface area (Å²) in [6.07, 6.45) is 2.57. The Kier molecular flexibility index (Phi) is 7.94. The Hall–Kier alpha value is -0.153. The van der Waals surface area contributed by atoms with Gasteiger partial charge in [0.2, 0.25) is 0 Å². The molecule has 0 bridgehead atoms. The van der Waals surface area contributed by atoms with Crippen LogP contribution in [0.4, 0.5) is 0 Å². The van der Waals surface area contributed by atoms with Gasteiger partial charge >= 0.3 is 0 Å². The number of unbranched alkanes of at least 4 members (excludes halogenated alkanes) is 1. The lowest BCUT2D eigenvalue weighted by atomic mass is 10.1. The van der Waals surface area contributed by atoms with Gasteiger partial charge in [-0.05, 0) is 31.5 Å². The number of Topliss-reactive ketones (excluding diaryl/α,β-unsaturated/α-hetero) is 1. The third-order valence-electron chi connectivity index (χ3n) is 3.59. The first kappa shape index (κ1) is 15.8. The van der Waals surface area contributed by atoms with Gasteiger partial charge in [0.1, 0.15) is 6.10 Å². The fourth-order valence-corrected chi connectivity index (χ4v) is 4.88. The summed E-state index contributed by atoms with van der Waals surface area (Å²) in [7, 11) is -1.60. The normalized spacial score (nSPS) is 13.8. The van der Waals surface area contributed by atoms with E-state index in [9.17, 15) is 4.79 Å². The fourth-order valence-electron chi connectivity index (χ4n) is 1.99. The van der Waals surface area contributed by atoms with E-state index in [0.717, 1.165) is 31.0 Å². The van der Waals surface area contributed by atoms with E-state index >= 15 is 0 Å². The molecule has 0 heterocycles. The average molecular weight is 244 g/mol. The van der Waals surface area contributed by atoms with Gasteiger partial charge < -0.3 is 4.43 Å². The second-order valence-corrected chi connectivity index (χ2v) is 9.30. The number of carbonyl (C=O) groups excluding carboxylic acids is 1. The highest BCUT2D eigenvalue weighted by atomic mass is 28.4. The Balaban J connectivity index is 4.28. The van der Waals surface area contributed by atoms with Crippen molar-refractivity contribution in [1.82, 2.24) is 0 Å². The van der Waals surface area contributed by atoms with Crippen LogP contribution in [0, 0.1) is 0 Å². The van der Waals surface area contributed by atoms with E-state index in [2.05, 4.69) is 27.7 Å². The Bertz CT molecular complexity index is 192. The molecule has 96 valence electrons. The Labute approximate surface area is 102 Å². The summed E-state index contributed by atoms with van der Waals surface area (Å²) in [5.41, 5.74) is 0. The zero-order chi connectivity index (χ0) is 12.6. The number of carbonyl (C=O) groups is 1. The lowest BCUT2D eigenvalue weighted by Crippen LogP contribution is -2.41. The van der Waals surface area contributed by atoms with Crippen LogP contribution in [0.15, 0.2) is 0 Å². The van der Waals surface area contributed by atoms with Crippen LogP contribution in [0.25, 0.3) is 0 Å². The van der Waals surface area contributed by atoms with Crippen LogP contribution in [-0.2, 0) is 9.22 Å². The van der Waals surface area contributed by atoms with Crippen molar-refractivity contribution in [2.45, 2.75) is 78.1 Å². The Morgan fingerprint density at radius 3 is 2.00 bits per heavy atom. The summed E-state index contributed by atoms with van der Waals surface area (Å²) in [5.74, 6) is 0.286. The summed E-state index contributed by atoms with van der Waals surface area (Å²) < 4.78 is 6.13. The highest BCUT2D eigenvalue weighted by Crippen LogP contribution is 2.24. The predicted molar refractivity (Wildman–Crippen MR) is 72.3 cm³/mol. The number of ketones is 1. The van der Waals surface area contributed by atoms with Crippen LogP contribution in [0.2, 0.25) is 18.1 Å². The summed E-state index contributed by atoms with van der Waals surface area (Å²) in [6.45, 7) is 10.6. The van der Waals surface area contributed by atoms with Crippen LogP contribution >= 0.6 is 0 Å². The molecule has 0 aliphatic rings. The molecular weight excluding hydrogens is 216 g/mol. The molecule has 0 aromatic carbocycles. The quantitative estimate of drug-likeness (QED) is 0.569. The van der Waals surface area contributed by atoms with Crippen molar-refractivity contribution in [3.05, 3.63) is 0 Å². The van der Waals surface area contributed by atoms with Crippen molar-refractivity contribution in [3.63, 3.8) is 0 Å². The molecule has 0 saturated carbocycles. The molecule has 0 aliphatic heterocycles. The van der Waals surface area contributed by atoms with Crippen LogP contribution < -0.4 is 0 Å². The van der Waals surface area contributed by atoms with Gasteiger partial charge in [0, 0.05) is 6.42 Å². The minimum absolute atomic E-state index is 0.182. The third-order valence-corrected chi connectivity index (χ3v) is 8.31. The molecule has 0 radical (unpaired) electrons. The third kappa shape index (κ3) is 4.79. The van der Waals surface area contributed by atoms with Crippen molar-refractivity contribution in [2.24, 2.45) is 0 Å². The van der Waals surface area contributed by atoms with Crippen molar-refractivity contribution in [1.29, 1.82) is 0 Å². The molecule has 0 aromatic heterocycles. The maximum atomic E-state index is 11.8. The Morgan fingerprint density at radius 2 is 1.62 bits per heavy atom. The first-order chi connectivity index (χ1) is 7.55. The van der Waals surface area contributed by atoms with E-state index in [0.29, 0.717) is 6.42 Å². The lowest BCUT2D eigenvalue weighted by molar-refractivity contribution is -0.125. The van der Waals surface area contributed by atoms with E-state index in [4.69, 9.17) is 4.43 Å². The number of hydrogen-bond donors (Lipinski definition) is 0. The van der Waals surface area contributed by atoms with Gasteiger partial charge in [0.25, 0.3) is 0 Å². The number of rotatable bonds is 9. The summed E-state index contributed by atoms with van der Waals surface area (Å²) >= 11 is 0. The van der Waals surface area contributed by atoms with Crippen LogP contribution in [-0.4, -0.2) is 20.2 Å². The zero-order valence-corrected chi connectivity index (χ0v) is 12.6. The largest absolute Gasteiger partial charge is 0.407 e. The molecule has 0 aromatic rings.